The Balaban J connectivity index is 1.35. The van der Waals surface area contributed by atoms with Crippen molar-refractivity contribution in [1.29, 1.82) is 5.26 Å². The number of H-pyrrole nitrogens is 1. The molecule has 9 nitrogen and oxygen atoms in total. The highest BCUT2D eigenvalue weighted by Crippen LogP contribution is 2.34. The number of nitrogens with zero attached hydrogens (tertiary/aromatic N) is 7. The number of hydrogen-bond acceptors (Lipinski definition) is 8. The van der Waals surface area contributed by atoms with Gasteiger partial charge in [-0.05, 0) is 38.2 Å². The third-order valence-corrected chi connectivity index (χ3v) is 6.50. The number of rotatable bonds is 6. The van der Waals surface area contributed by atoms with Crippen LogP contribution in [0, 0.1) is 11.3 Å². The van der Waals surface area contributed by atoms with Crippen LogP contribution in [0.4, 0.5) is 24.9 Å². The number of aromatic nitrogens is 5. The summed E-state index contributed by atoms with van der Waals surface area (Å²) in [5, 5.41) is 12.9. The molecule has 1 fully saturated rings. The molecule has 4 aromatic rings. The molecule has 0 unspecified atom stereocenters. The Morgan fingerprint density at radius 2 is 2.03 bits per heavy atom. The number of anilines is 2. The van der Waals surface area contributed by atoms with Gasteiger partial charge in [-0.2, -0.15) is 18.4 Å². The Morgan fingerprint density at radius 3 is 2.70 bits per heavy atom. The van der Waals surface area contributed by atoms with Crippen molar-refractivity contribution in [2.24, 2.45) is 0 Å². The lowest BCUT2D eigenvalue weighted by atomic mass is 10.1. The Morgan fingerprint density at radius 1 is 1.19 bits per heavy atom. The monoisotopic (exact) mass is 507 g/mol. The second-order valence-electron chi connectivity index (χ2n) is 9.12. The van der Waals surface area contributed by atoms with Crippen molar-refractivity contribution >= 4 is 22.8 Å². The minimum atomic E-state index is -4.54. The van der Waals surface area contributed by atoms with Crippen LogP contribution in [0.25, 0.3) is 22.3 Å². The molecule has 0 aliphatic carbocycles. The highest BCUT2D eigenvalue weighted by atomic mass is 19.4. The van der Waals surface area contributed by atoms with E-state index < -0.39 is 11.7 Å². The second-order valence-corrected chi connectivity index (χ2v) is 9.12. The van der Waals surface area contributed by atoms with Gasteiger partial charge in [0.15, 0.2) is 0 Å². The van der Waals surface area contributed by atoms with Gasteiger partial charge in [-0.15, -0.1) is 0 Å². The summed E-state index contributed by atoms with van der Waals surface area (Å²) in [6, 6.07) is 7.48. The number of alkyl halides is 3. The molecule has 190 valence electrons. The second kappa shape index (κ2) is 9.67. The number of aromatic amines is 1. The molecule has 12 heteroatoms. The minimum Gasteiger partial charge on any atom is -0.355 e. The Kier molecular flexibility index (Phi) is 6.39. The SMILES string of the molecule is CN(C)[C@H]1CCN(c2ccc(CNc3ncc(C#N)c(-c4c[nH]c5ncc(C(F)(F)F)cc45)n3)cn2)C1. The normalized spacial score (nSPS) is 15.9. The molecule has 1 aliphatic rings. The number of halogens is 3. The van der Waals surface area contributed by atoms with Crippen molar-refractivity contribution in [2.75, 3.05) is 37.4 Å². The van der Waals surface area contributed by atoms with Gasteiger partial charge in [0.2, 0.25) is 5.95 Å². The van der Waals surface area contributed by atoms with Crippen molar-refractivity contribution in [3.05, 3.63) is 59.7 Å². The fourth-order valence-electron chi connectivity index (χ4n) is 4.37. The molecule has 5 heterocycles. The molecule has 5 rings (SSSR count). The third-order valence-electron chi connectivity index (χ3n) is 6.50. The fraction of sp³-hybridized carbons (Fsp3) is 0.320. The number of nitrogens with one attached hydrogen (secondary N) is 2. The van der Waals surface area contributed by atoms with E-state index in [-0.39, 0.29) is 28.2 Å². The predicted octanol–water partition coefficient (Wildman–Crippen LogP) is 4.06. The van der Waals surface area contributed by atoms with Crippen LogP contribution in [0.3, 0.4) is 0 Å². The lowest BCUT2D eigenvalue weighted by Gasteiger charge is -2.21. The molecule has 4 aromatic heterocycles. The van der Waals surface area contributed by atoms with Crippen LogP contribution in [0.5, 0.6) is 0 Å². The van der Waals surface area contributed by atoms with E-state index in [9.17, 15) is 18.4 Å². The van der Waals surface area contributed by atoms with Gasteiger partial charge in [-0.1, -0.05) is 6.07 Å². The van der Waals surface area contributed by atoms with Gasteiger partial charge in [-0.3, -0.25) is 0 Å². The van der Waals surface area contributed by atoms with Crippen molar-refractivity contribution in [3.8, 4) is 17.3 Å². The summed E-state index contributed by atoms with van der Waals surface area (Å²) in [6.45, 7) is 2.28. The average Bonchev–Trinajstić information content (AvgIpc) is 3.55. The number of pyridine rings is 2. The third kappa shape index (κ3) is 5.03. The molecule has 0 amide bonds. The van der Waals surface area contributed by atoms with Crippen LogP contribution < -0.4 is 10.2 Å². The van der Waals surface area contributed by atoms with Crippen molar-refractivity contribution in [2.45, 2.75) is 25.2 Å². The average molecular weight is 508 g/mol. The number of fused-ring (bicyclic) bond motifs is 1. The van der Waals surface area contributed by atoms with Gasteiger partial charge in [0.1, 0.15) is 17.5 Å². The molecule has 0 saturated carbocycles. The largest absolute Gasteiger partial charge is 0.417 e. The van der Waals surface area contributed by atoms with Gasteiger partial charge in [0, 0.05) is 55.2 Å². The van der Waals surface area contributed by atoms with Gasteiger partial charge in [-0.25, -0.2) is 19.9 Å². The van der Waals surface area contributed by atoms with Crippen LogP contribution in [0.1, 0.15) is 23.1 Å². The first-order valence-electron chi connectivity index (χ1n) is 11.6. The summed E-state index contributed by atoms with van der Waals surface area (Å²) in [7, 11) is 4.17. The zero-order chi connectivity index (χ0) is 26.2. The summed E-state index contributed by atoms with van der Waals surface area (Å²) >= 11 is 0. The maximum absolute atomic E-state index is 13.2. The zero-order valence-electron chi connectivity index (χ0n) is 20.2. The molecule has 1 aliphatic heterocycles. The Bertz CT molecular complexity index is 1460. The number of nitriles is 1. The summed E-state index contributed by atoms with van der Waals surface area (Å²) < 4.78 is 39.7. The lowest BCUT2D eigenvalue weighted by molar-refractivity contribution is -0.137. The zero-order valence-corrected chi connectivity index (χ0v) is 20.2. The van der Waals surface area contributed by atoms with E-state index >= 15 is 0 Å². The predicted molar refractivity (Wildman–Crippen MR) is 133 cm³/mol. The molecule has 0 bridgehead atoms. The maximum Gasteiger partial charge on any atom is 0.417 e. The Hall–Kier alpha value is -4.24. The molecule has 0 radical (unpaired) electrons. The van der Waals surface area contributed by atoms with Crippen LogP contribution in [-0.4, -0.2) is 63.0 Å². The van der Waals surface area contributed by atoms with Crippen molar-refractivity contribution in [3.63, 3.8) is 0 Å². The molecule has 0 aromatic carbocycles. The van der Waals surface area contributed by atoms with Crippen LogP contribution in [0.15, 0.2) is 43.0 Å². The van der Waals surface area contributed by atoms with Crippen LogP contribution in [0.2, 0.25) is 0 Å². The van der Waals surface area contributed by atoms with E-state index in [2.05, 4.69) is 54.1 Å². The highest BCUT2D eigenvalue weighted by molar-refractivity contribution is 5.94. The van der Waals surface area contributed by atoms with Gasteiger partial charge in [0.05, 0.1) is 23.0 Å². The van der Waals surface area contributed by atoms with Gasteiger partial charge < -0.3 is 20.1 Å². The highest BCUT2D eigenvalue weighted by Gasteiger charge is 2.32. The fourth-order valence-corrected chi connectivity index (χ4v) is 4.37. The first-order chi connectivity index (χ1) is 17.7. The number of likely N-dealkylation sites (N-methyl/N-ethyl adjacent to an activating group) is 1. The van der Waals surface area contributed by atoms with E-state index in [4.69, 9.17) is 0 Å². The van der Waals surface area contributed by atoms with Gasteiger partial charge >= 0.3 is 6.18 Å². The van der Waals surface area contributed by atoms with E-state index in [0.717, 1.165) is 43.2 Å². The molecular formula is C25H24F3N9. The van der Waals surface area contributed by atoms with E-state index in [1.165, 1.54) is 12.4 Å². The van der Waals surface area contributed by atoms with E-state index in [1.807, 2.05) is 18.2 Å². The first-order valence-corrected chi connectivity index (χ1v) is 11.6. The molecule has 2 N–H and O–H groups in total. The van der Waals surface area contributed by atoms with Crippen molar-refractivity contribution in [1.82, 2.24) is 29.8 Å². The Labute approximate surface area is 211 Å². The number of hydrogen-bond donors (Lipinski definition) is 2. The smallest absolute Gasteiger partial charge is 0.355 e. The molecule has 1 saturated heterocycles. The maximum atomic E-state index is 13.2. The van der Waals surface area contributed by atoms with E-state index in [1.54, 1.807) is 6.20 Å². The standard InChI is InChI=1S/C25H24F3N9/c1-36(2)18-5-6-37(14-18)21-4-3-15(9-30-21)10-33-24-34-11-16(8-29)22(35-24)20-13-32-23-19(20)7-17(12-31-23)25(26,27)28/h3-4,7,9,11-13,18H,5-6,10,14H2,1-2H3,(H,31,32)(H,33,34,35)/t18-/m0/s1. The van der Waals surface area contributed by atoms with Crippen molar-refractivity contribution < 1.29 is 13.2 Å². The summed E-state index contributed by atoms with van der Waals surface area (Å²) in [6.07, 6.45) is 1.95. The first kappa shape index (κ1) is 24.5. The van der Waals surface area contributed by atoms with Crippen LogP contribution >= 0.6 is 0 Å². The summed E-state index contributed by atoms with van der Waals surface area (Å²) in [4.78, 5) is 24.4. The molecule has 37 heavy (non-hydrogen) atoms. The topological polar surface area (TPSA) is 110 Å². The van der Waals surface area contributed by atoms with E-state index in [0.29, 0.717) is 18.2 Å². The minimum absolute atomic E-state index is 0.136. The molecule has 0 spiro atoms. The lowest BCUT2D eigenvalue weighted by Crippen LogP contribution is -2.31. The van der Waals surface area contributed by atoms with Crippen LogP contribution in [-0.2, 0) is 12.7 Å². The molecule has 1 atom stereocenters. The molecular weight excluding hydrogens is 483 g/mol. The quantitative estimate of drug-likeness (QED) is 0.402. The van der Waals surface area contributed by atoms with Gasteiger partial charge in [0.25, 0.3) is 0 Å². The summed E-state index contributed by atoms with van der Waals surface area (Å²) in [5.41, 5.74) is 0.979. The summed E-state index contributed by atoms with van der Waals surface area (Å²) in [5.74, 6) is 1.16.